The van der Waals surface area contributed by atoms with Crippen LogP contribution in [0.15, 0.2) is 30.3 Å². The summed E-state index contributed by atoms with van der Waals surface area (Å²) in [5, 5.41) is 11.9. The molecule has 0 aromatic heterocycles. The van der Waals surface area contributed by atoms with E-state index in [4.69, 9.17) is 105 Å². The number of benzene rings is 1. The van der Waals surface area contributed by atoms with Gasteiger partial charge in [0.2, 0.25) is 0 Å². The van der Waals surface area contributed by atoms with Crippen LogP contribution in [0.3, 0.4) is 0 Å². The number of nitrogens with one attached hydrogen (secondary N) is 1. The van der Waals surface area contributed by atoms with Crippen molar-refractivity contribution in [3.8, 4) is 5.75 Å². The van der Waals surface area contributed by atoms with Gasteiger partial charge < -0.3 is 110 Å². The summed E-state index contributed by atoms with van der Waals surface area (Å²) in [6.45, 7) is 35.9. The van der Waals surface area contributed by atoms with Crippen molar-refractivity contribution in [3.05, 3.63) is 30.3 Å². The number of para-hydroxylation sites is 1. The molecule has 1 aromatic rings. The van der Waals surface area contributed by atoms with E-state index in [2.05, 4.69) is 33.0 Å². The van der Waals surface area contributed by atoms with Crippen LogP contribution < -0.4 is 10.1 Å². The van der Waals surface area contributed by atoms with E-state index in [0.717, 1.165) is 209 Å². The molecule has 9 saturated heterocycles. The SMILES string of the molecule is C1COC(CCOCC2CCC3OC3C2)C1.CC(C)CC(=O)OCC1CCC2OC2C1.CC(O)COC(C)COCC1CCC2OC2C1.CC1(C)C2CCC1(C)C(CCOC(=O)C1CCC3OC3C1)C2.CC12CCC(C(=O)OCCC3CC4CCC3C4)CC1O2.CCC(C)NC(=O)OCC1CCC2OC2C1.CCC(C)OC(=O)OCC1CCC2OC2C1.c1ccc(OCCOCCOCC2CCC3OC3C2)cc1. The van der Waals surface area contributed by atoms with E-state index >= 15 is 0 Å². The fourth-order valence-electron chi connectivity index (χ4n) is 25.6. The largest absolute Gasteiger partial charge is 0.508 e. The summed E-state index contributed by atoms with van der Waals surface area (Å²) >= 11 is 0. The maximum Gasteiger partial charge on any atom is 0.508 e. The second-order valence-electron chi connectivity index (χ2n) is 48.2. The van der Waals surface area contributed by atoms with Crippen LogP contribution in [0.25, 0.3) is 0 Å². The quantitative estimate of drug-likeness (QED) is 0.0266. The summed E-state index contributed by atoms with van der Waals surface area (Å²) < 4.78 is 115. The Balaban J connectivity index is 0.000000124. The Kier molecular flexibility index (Phi) is 43.3. The van der Waals surface area contributed by atoms with Crippen LogP contribution in [-0.2, 0) is 109 Å². The topological polar surface area (TPSA) is 338 Å². The first kappa shape index (κ1) is 112. The number of carbonyl (C=O) groups excluding carboxylic acids is 5. The van der Waals surface area contributed by atoms with Crippen molar-refractivity contribution in [1.29, 1.82) is 0 Å². The van der Waals surface area contributed by atoms with Crippen molar-refractivity contribution >= 4 is 30.2 Å². The Labute approximate surface area is 856 Å². The molecule has 35 atom stereocenters. The summed E-state index contributed by atoms with van der Waals surface area (Å²) in [5.74, 6) is 9.39. The standard InChI is InChI=1S/C19H30O3.C17H24O4.C17H26O3.C13H24O4.C13H22O3.C12H21NO3.C12H20O4.C12H20O3/c1-18(2)13-6-8-19(18,3)14(11-13)7-9-21-17(20)12-4-5-15-16(10-12)22-15;1-2-4-15(5-3-1)20-11-10-18-8-9-19-13-14-6-7-16-17(12-14)21-16;1-17-6-4-14(10-15(17)20-17)16(18)19-7-5-13-9-11-2-3-12(13)8-11;1-9(14)6-16-10(2)7-15-8-11-3-4-12-13(5-11)17-12;1-2-11(15-6-1)5-7-14-9-10-3-4-12-13(8-10)16-12;1-3-8(2)13-12(14)15-7-9-4-5-10-11(6-9)16-10;1-3-8(2)15-12(13)14-7-9-4-5-10-11(6-9)16-10;1-8(2)5-12(13)14-7-9-3-4-10-11(6-9)15-10/h12-16H,4-11H2,1-3H3;1-5,14,16-17H,6-13H2;11-15H,2-10H2,1H3;9-14H,3-8H2,1-2H3;10-13H,1-9H2;8-11H,3-7H2,1-2H3,(H,13,14);8-11H,3-7H2,1-2H3;8-11H,3-7H2,1-2H3. The summed E-state index contributed by atoms with van der Waals surface area (Å²) in [4.78, 5) is 58.3. The van der Waals surface area contributed by atoms with Gasteiger partial charge in [0, 0.05) is 45.5 Å². The van der Waals surface area contributed by atoms with Crippen LogP contribution in [0.5, 0.6) is 5.75 Å². The van der Waals surface area contributed by atoms with Crippen LogP contribution in [0, 0.1) is 93.7 Å². The number of aliphatic hydroxyl groups is 1. The molecule has 4 bridgehead atoms. The Morgan fingerprint density at radius 2 is 0.951 bits per heavy atom. The maximum atomic E-state index is 12.2. The number of ether oxygens (including phenoxy) is 21. The molecule has 9 heterocycles. The highest BCUT2D eigenvalue weighted by Crippen LogP contribution is 2.69. The molecule has 21 fully saturated rings. The van der Waals surface area contributed by atoms with Gasteiger partial charge in [0.25, 0.3) is 0 Å². The van der Waals surface area contributed by atoms with Gasteiger partial charge in [-0.1, -0.05) is 73.1 Å². The highest BCUT2D eigenvalue weighted by Gasteiger charge is 2.62. The van der Waals surface area contributed by atoms with E-state index in [-0.39, 0.29) is 59.7 Å². The Morgan fingerprint density at radius 1 is 0.441 bits per heavy atom. The molecule has 28 nitrogen and oxygen atoms in total. The van der Waals surface area contributed by atoms with Crippen LogP contribution in [0.2, 0.25) is 0 Å². The van der Waals surface area contributed by atoms with Gasteiger partial charge in [-0.2, -0.15) is 0 Å². The van der Waals surface area contributed by atoms with E-state index in [9.17, 15) is 24.0 Å². The number of epoxide rings is 8. The van der Waals surface area contributed by atoms with Crippen molar-refractivity contribution in [2.45, 2.75) is 461 Å². The average Bonchev–Trinajstić information content (AvgIpc) is 1.56. The van der Waals surface area contributed by atoms with Crippen molar-refractivity contribution < 1.29 is 129 Å². The van der Waals surface area contributed by atoms with Gasteiger partial charge in [-0.3, -0.25) is 14.4 Å². The van der Waals surface area contributed by atoms with Crippen molar-refractivity contribution in [2.24, 2.45) is 93.7 Å². The second kappa shape index (κ2) is 55.1. The molecule has 1 amide bonds. The smallest absolute Gasteiger partial charge is 0.491 e. The number of rotatable bonds is 41. The lowest BCUT2D eigenvalue weighted by Crippen LogP contribution is -2.34. The van der Waals surface area contributed by atoms with E-state index in [0.29, 0.717) is 223 Å². The maximum absolute atomic E-state index is 12.2. The first-order valence-electron chi connectivity index (χ1n) is 57.5. The van der Waals surface area contributed by atoms with E-state index in [1.165, 1.54) is 109 Å². The van der Waals surface area contributed by atoms with Crippen molar-refractivity contribution in [1.82, 2.24) is 5.32 Å². The predicted molar refractivity (Wildman–Crippen MR) is 538 cm³/mol. The zero-order valence-corrected chi connectivity index (χ0v) is 89.5. The molecule has 0 spiro atoms. The lowest BCUT2D eigenvalue weighted by atomic mass is 9.66. The average molecular weight is 2020 g/mol. The van der Waals surface area contributed by atoms with E-state index < -0.39 is 12.3 Å². The predicted octanol–water partition coefficient (Wildman–Crippen LogP) is 20.2. The Hall–Kier alpha value is -4.63. The lowest BCUT2D eigenvalue weighted by Gasteiger charge is -2.39. The number of alkyl carbamates (subject to hydrolysis) is 1. The zero-order valence-electron chi connectivity index (χ0n) is 89.5. The highest BCUT2D eigenvalue weighted by molar-refractivity contribution is 5.73. The number of aliphatic hydroxyl groups excluding tert-OH is 1. The molecule has 21 aliphatic rings. The second-order valence-corrected chi connectivity index (χ2v) is 48.2. The Morgan fingerprint density at radius 3 is 1.43 bits per heavy atom. The summed E-state index contributed by atoms with van der Waals surface area (Å²) in [5.41, 5.74) is 1.01. The van der Waals surface area contributed by atoms with Crippen LogP contribution >= 0.6 is 0 Å². The van der Waals surface area contributed by atoms with Gasteiger partial charge in [0.1, 0.15) is 18.5 Å². The minimum absolute atomic E-state index is 0.0292. The molecule has 814 valence electrons. The van der Waals surface area contributed by atoms with E-state index in [1.807, 2.05) is 78.8 Å². The van der Waals surface area contributed by atoms with Crippen molar-refractivity contribution in [2.75, 3.05) is 106 Å². The number of carbonyl (C=O) groups is 5. The molecule has 28 heteroatoms. The molecule has 22 rings (SSSR count). The molecule has 0 radical (unpaired) electrons. The minimum Gasteiger partial charge on any atom is -0.491 e. The van der Waals surface area contributed by atoms with Crippen LogP contribution in [-0.4, -0.2) is 269 Å². The minimum atomic E-state index is -0.534. The molecule has 12 saturated carbocycles. The van der Waals surface area contributed by atoms with Gasteiger partial charge in [-0.25, -0.2) is 9.59 Å². The number of hydrogen-bond acceptors (Lipinski definition) is 27. The van der Waals surface area contributed by atoms with Gasteiger partial charge in [0.05, 0.1) is 193 Å². The fraction of sp³-hybridized carbons (Fsp3) is 0.904. The molecule has 35 unspecified atom stereocenters. The monoisotopic (exact) mass is 2010 g/mol. The fourth-order valence-corrected chi connectivity index (χ4v) is 25.6. The third kappa shape index (κ3) is 36.6. The van der Waals surface area contributed by atoms with Crippen LogP contribution in [0.1, 0.15) is 333 Å². The first-order chi connectivity index (χ1) is 69.1. The molecule has 2 N–H and O–H groups in total. The number of esters is 3. The first-order valence-corrected chi connectivity index (χ1v) is 57.5. The van der Waals surface area contributed by atoms with Crippen LogP contribution in [0.4, 0.5) is 9.59 Å². The third-order valence-electron chi connectivity index (χ3n) is 36.2. The van der Waals surface area contributed by atoms with Gasteiger partial charge in [-0.15, -0.1) is 0 Å². The lowest BCUT2D eigenvalue weighted by molar-refractivity contribution is -0.151. The number of hydrogen-bond donors (Lipinski definition) is 2. The van der Waals surface area contributed by atoms with Crippen molar-refractivity contribution in [3.63, 3.8) is 0 Å². The number of fused-ring (bicyclic) bond motifs is 12. The number of amides is 1. The molecule has 9 aliphatic heterocycles. The summed E-state index contributed by atoms with van der Waals surface area (Å²) in [6.07, 6.45) is 51.1. The molecule has 1 aromatic carbocycles. The summed E-state index contributed by atoms with van der Waals surface area (Å²) in [6, 6.07) is 9.98. The Bertz CT molecular complexity index is 3900. The summed E-state index contributed by atoms with van der Waals surface area (Å²) in [7, 11) is 0. The zero-order chi connectivity index (χ0) is 101. The highest BCUT2D eigenvalue weighted by atomic mass is 16.7. The van der Waals surface area contributed by atoms with E-state index in [1.54, 1.807) is 6.92 Å². The third-order valence-corrected chi connectivity index (χ3v) is 36.2. The normalized spacial score (nSPS) is 38.2. The molecular formula is C115H187NO27. The van der Waals surface area contributed by atoms with Gasteiger partial charge >= 0.3 is 30.2 Å². The molecule has 143 heavy (non-hydrogen) atoms. The molecular weight excluding hydrogens is 1830 g/mol. The molecule has 12 aliphatic carbocycles. The van der Waals surface area contributed by atoms with Gasteiger partial charge in [0.15, 0.2) is 0 Å². The van der Waals surface area contributed by atoms with Gasteiger partial charge in [-0.05, 0) is 366 Å².